The number of furan rings is 1. The number of H-pyrrole nitrogens is 1. The number of hydrogen-bond donors (Lipinski definition) is 2. The summed E-state index contributed by atoms with van der Waals surface area (Å²) in [5.41, 5.74) is 5.49. The van der Waals surface area contributed by atoms with Gasteiger partial charge in [-0.1, -0.05) is 24.1 Å². The van der Waals surface area contributed by atoms with Gasteiger partial charge in [0.05, 0.1) is 16.8 Å². The van der Waals surface area contributed by atoms with Gasteiger partial charge >= 0.3 is 0 Å². The molecule has 0 saturated carbocycles. The molecule has 226 valence electrons. The highest BCUT2D eigenvalue weighted by atomic mass is 32.2. The second-order valence-electron chi connectivity index (χ2n) is 10.9. The minimum Gasteiger partial charge on any atom is -0.455 e. The average Bonchev–Trinajstić information content (AvgIpc) is 3.69. The molecule has 2 amide bonds. The Hall–Kier alpha value is -4.57. The van der Waals surface area contributed by atoms with E-state index in [2.05, 4.69) is 10.3 Å². The fraction of sp³-hybridized carbons (Fsp3) is 0.235. The van der Waals surface area contributed by atoms with Crippen molar-refractivity contribution in [3.63, 3.8) is 0 Å². The lowest BCUT2D eigenvalue weighted by atomic mass is 9.87. The van der Waals surface area contributed by atoms with Crippen molar-refractivity contribution in [1.82, 2.24) is 15.2 Å². The molecule has 7 nitrogen and oxygen atoms in total. The molecule has 0 bridgehead atoms. The Morgan fingerprint density at radius 1 is 1.02 bits per heavy atom. The molecule has 0 radical (unpaired) electrons. The maximum Gasteiger partial charge on any atom is 0.256 e. The van der Waals surface area contributed by atoms with Gasteiger partial charge in [0.25, 0.3) is 11.8 Å². The summed E-state index contributed by atoms with van der Waals surface area (Å²) in [7, 11) is 3.54. The van der Waals surface area contributed by atoms with Crippen LogP contribution in [0.2, 0.25) is 0 Å². The van der Waals surface area contributed by atoms with Gasteiger partial charge in [0.15, 0.2) is 0 Å². The van der Waals surface area contributed by atoms with E-state index in [1.807, 2.05) is 34.6 Å². The Labute approximate surface area is 258 Å². The summed E-state index contributed by atoms with van der Waals surface area (Å²) in [4.78, 5) is 32.0. The monoisotopic (exact) mass is 614 g/mol. The van der Waals surface area contributed by atoms with Crippen LogP contribution in [0.3, 0.4) is 0 Å². The highest BCUT2D eigenvalue weighted by Crippen LogP contribution is 2.42. The van der Waals surface area contributed by atoms with E-state index < -0.39 is 0 Å². The van der Waals surface area contributed by atoms with Gasteiger partial charge in [-0.2, -0.15) is 0 Å². The number of halogens is 2. The van der Waals surface area contributed by atoms with E-state index in [0.717, 1.165) is 35.2 Å². The molecule has 3 heterocycles. The van der Waals surface area contributed by atoms with E-state index in [0.29, 0.717) is 46.5 Å². The summed E-state index contributed by atoms with van der Waals surface area (Å²) in [5, 5.41) is 3.38. The number of carbonyl (C=O) groups excluding carboxylic acids is 2. The Bertz CT molecular complexity index is 1830. The van der Waals surface area contributed by atoms with Gasteiger partial charge < -0.3 is 23.9 Å². The van der Waals surface area contributed by atoms with Gasteiger partial charge in [0.2, 0.25) is 0 Å². The quantitative estimate of drug-likeness (QED) is 0.186. The number of amides is 2. The van der Waals surface area contributed by atoms with E-state index in [9.17, 15) is 18.4 Å². The van der Waals surface area contributed by atoms with Gasteiger partial charge in [-0.25, -0.2) is 8.78 Å². The van der Waals surface area contributed by atoms with Crippen LogP contribution in [-0.2, 0) is 0 Å². The van der Waals surface area contributed by atoms with Crippen molar-refractivity contribution < 1.29 is 22.8 Å². The molecule has 1 saturated heterocycles. The summed E-state index contributed by atoms with van der Waals surface area (Å²) in [6.07, 6.45) is 7.11. The Balaban J connectivity index is 1.40. The topological polar surface area (TPSA) is 81.6 Å². The second kappa shape index (κ2) is 12.2. The predicted octanol–water partition coefficient (Wildman–Crippen LogP) is 7.47. The first-order valence-electron chi connectivity index (χ1n) is 14.4. The number of likely N-dealkylation sites (tertiary alicyclic amines) is 1. The molecule has 0 aliphatic carbocycles. The molecule has 5 aromatic rings. The van der Waals surface area contributed by atoms with Crippen LogP contribution < -0.4 is 9.62 Å². The van der Waals surface area contributed by atoms with Crippen LogP contribution in [0.4, 0.5) is 14.5 Å². The number of rotatable bonds is 7. The Kier molecular flexibility index (Phi) is 8.18. The number of benzene rings is 3. The third-order valence-electron chi connectivity index (χ3n) is 8.29. The third-order valence-corrected chi connectivity index (χ3v) is 9.03. The Morgan fingerprint density at radius 3 is 2.36 bits per heavy atom. The molecule has 1 aliphatic rings. The normalized spacial score (nSPS) is 15.0. The van der Waals surface area contributed by atoms with Gasteiger partial charge in [-0.15, -0.1) is 0 Å². The molecule has 6 rings (SSSR count). The van der Waals surface area contributed by atoms with Crippen LogP contribution in [0.1, 0.15) is 45.0 Å². The van der Waals surface area contributed by atoms with E-state index in [4.69, 9.17) is 4.42 Å². The minimum absolute atomic E-state index is 0.00313. The lowest BCUT2D eigenvalue weighted by Gasteiger charge is -2.35. The molecule has 3 aromatic carbocycles. The largest absolute Gasteiger partial charge is 0.455 e. The number of aromatic amines is 1. The highest BCUT2D eigenvalue weighted by molar-refractivity contribution is 7.99. The predicted molar refractivity (Wildman–Crippen MR) is 171 cm³/mol. The number of anilines is 1. The van der Waals surface area contributed by atoms with Gasteiger partial charge in [-0.3, -0.25) is 9.59 Å². The van der Waals surface area contributed by atoms with Crippen molar-refractivity contribution in [3.05, 3.63) is 101 Å². The summed E-state index contributed by atoms with van der Waals surface area (Å²) >= 11 is 1.55. The number of hydrogen-bond acceptors (Lipinski definition) is 5. The number of nitrogens with zero attached hydrogens (tertiary/aromatic N) is 2. The van der Waals surface area contributed by atoms with E-state index >= 15 is 0 Å². The maximum atomic E-state index is 13.9. The molecule has 10 heteroatoms. The third kappa shape index (κ3) is 5.45. The fourth-order valence-corrected chi connectivity index (χ4v) is 6.35. The molecule has 1 atom stereocenters. The maximum absolute atomic E-state index is 13.9. The number of piperidine rings is 1. The summed E-state index contributed by atoms with van der Waals surface area (Å²) < 4.78 is 35.6. The van der Waals surface area contributed by atoms with Crippen LogP contribution in [0.25, 0.3) is 33.4 Å². The molecule has 0 spiro atoms. The molecular weight excluding hydrogens is 582 g/mol. The fourth-order valence-electron chi connectivity index (χ4n) is 6.00. The standard InChI is InChI=1S/C34H32F2N4O3S/c1-37-33(41)31-26-15-25(29(39(2)44-3)16-30(26)43-32(31)21-8-12-24(36)13-9-21)22-5-4-14-40(19-22)34(42)28-18-38-17-27(28)20-6-10-23(35)11-7-20/h6-13,15-18,22,38H,4-5,14,19H2,1-3H3,(H,37,41). The van der Waals surface area contributed by atoms with Gasteiger partial charge in [0, 0.05) is 74.3 Å². The zero-order valence-electron chi connectivity index (χ0n) is 24.6. The number of aromatic nitrogens is 1. The van der Waals surface area contributed by atoms with Gasteiger partial charge in [-0.05, 0) is 66.4 Å². The smallest absolute Gasteiger partial charge is 0.256 e. The van der Waals surface area contributed by atoms with Crippen molar-refractivity contribution in [2.75, 3.05) is 37.7 Å². The number of carbonyl (C=O) groups is 2. The summed E-state index contributed by atoms with van der Waals surface area (Å²) in [5.74, 6) is -0.739. The minimum atomic E-state index is -0.377. The number of fused-ring (bicyclic) bond motifs is 1. The molecule has 1 unspecified atom stereocenters. The molecule has 1 aliphatic heterocycles. The molecule has 2 N–H and O–H groups in total. The van der Waals surface area contributed by atoms with Gasteiger partial charge in [0.1, 0.15) is 23.0 Å². The van der Waals surface area contributed by atoms with Crippen molar-refractivity contribution in [2.45, 2.75) is 18.8 Å². The van der Waals surface area contributed by atoms with E-state index in [1.54, 1.807) is 55.7 Å². The van der Waals surface area contributed by atoms with Crippen LogP contribution in [0, 0.1) is 11.6 Å². The van der Waals surface area contributed by atoms with Crippen LogP contribution in [-0.4, -0.2) is 55.1 Å². The molecule has 2 aromatic heterocycles. The lowest BCUT2D eigenvalue weighted by molar-refractivity contribution is 0.0708. The lowest BCUT2D eigenvalue weighted by Crippen LogP contribution is -2.39. The van der Waals surface area contributed by atoms with Crippen molar-refractivity contribution in [1.29, 1.82) is 0 Å². The first-order valence-corrected chi connectivity index (χ1v) is 15.6. The zero-order chi connectivity index (χ0) is 31.0. The van der Waals surface area contributed by atoms with Crippen molar-refractivity contribution in [2.24, 2.45) is 0 Å². The summed E-state index contributed by atoms with van der Waals surface area (Å²) in [6.45, 7) is 1.11. The second-order valence-corrected chi connectivity index (χ2v) is 11.8. The summed E-state index contributed by atoms with van der Waals surface area (Å²) in [6, 6.07) is 15.9. The number of nitrogens with one attached hydrogen (secondary N) is 2. The SMILES string of the molecule is CNC(=O)c1c(-c2ccc(F)cc2)oc2cc(N(C)SC)c(C3CCCN(C(=O)c4c[nH]cc4-c4ccc(F)cc4)C3)cc12. The molecular formula is C34H32F2N4O3S. The van der Waals surface area contributed by atoms with Crippen LogP contribution in [0.15, 0.2) is 77.5 Å². The Morgan fingerprint density at radius 2 is 1.70 bits per heavy atom. The average molecular weight is 615 g/mol. The highest BCUT2D eigenvalue weighted by Gasteiger charge is 2.31. The first-order chi connectivity index (χ1) is 21.3. The zero-order valence-corrected chi connectivity index (χ0v) is 25.4. The molecule has 44 heavy (non-hydrogen) atoms. The van der Waals surface area contributed by atoms with Crippen molar-refractivity contribution >= 4 is 40.4 Å². The van der Waals surface area contributed by atoms with Crippen molar-refractivity contribution in [3.8, 4) is 22.5 Å². The van der Waals surface area contributed by atoms with Crippen LogP contribution in [0.5, 0.6) is 0 Å². The van der Waals surface area contributed by atoms with Crippen LogP contribution >= 0.6 is 11.9 Å². The molecule has 1 fully saturated rings. The van der Waals surface area contributed by atoms with E-state index in [1.165, 1.54) is 24.3 Å². The first kappa shape index (κ1) is 29.5. The van der Waals surface area contributed by atoms with E-state index in [-0.39, 0.29) is 29.4 Å².